The molecule has 0 radical (unpaired) electrons. The highest BCUT2D eigenvalue weighted by molar-refractivity contribution is 5.87. The van der Waals surface area contributed by atoms with Crippen molar-refractivity contribution in [2.45, 2.75) is 52.4 Å². The van der Waals surface area contributed by atoms with Gasteiger partial charge in [0.15, 0.2) is 24.8 Å². The summed E-state index contributed by atoms with van der Waals surface area (Å²) in [6.07, 6.45) is 20.0. The number of fused-ring (bicyclic) bond motifs is 5. The number of H-pyrrole nitrogens is 1. The number of nitrogens with zero attached hydrogens (tertiary/aromatic N) is 2. The monoisotopic (exact) mass is 486 g/mol. The Kier molecular flexibility index (Phi) is 6.30. The number of nitrogens with one attached hydrogen (secondary N) is 1. The molecule has 7 rings (SSSR count). The van der Waals surface area contributed by atoms with E-state index < -0.39 is 0 Å². The van der Waals surface area contributed by atoms with Gasteiger partial charge in [0.25, 0.3) is 0 Å². The standard InChI is InChI=1S/C32H29N3.C2H6/c1-34-20-16-25(17-21-34)35-31-26-8-4-2-6-22(26)10-12-28(31)30(24-14-18-33-19-15-24)29-13-11-23-7-3-5-9-27(23)32(29)35;1-2/h2,4-6,8-9,14-21H,3,7,10-13H2,1H3;1-2H3/q+2;/p+1. The molecule has 0 amide bonds. The number of allylic oxidation sites excluding steroid dienone is 4. The number of aromatic amines is 1. The summed E-state index contributed by atoms with van der Waals surface area (Å²) in [5.41, 5.74) is 15.7. The van der Waals surface area contributed by atoms with Crippen molar-refractivity contribution in [3.63, 3.8) is 0 Å². The highest BCUT2D eigenvalue weighted by Crippen LogP contribution is 2.45. The number of benzene rings is 1. The van der Waals surface area contributed by atoms with Crippen molar-refractivity contribution >= 4 is 5.57 Å². The molecule has 1 N–H and O–H groups in total. The number of rotatable bonds is 2. The summed E-state index contributed by atoms with van der Waals surface area (Å²) in [4.78, 5) is 3.24. The van der Waals surface area contributed by atoms with Crippen LogP contribution in [0.25, 0.3) is 33.6 Å². The number of hydrogen-bond donors (Lipinski definition) is 0. The molecule has 0 saturated carbocycles. The van der Waals surface area contributed by atoms with Crippen LogP contribution in [0.15, 0.2) is 91.0 Å². The number of pyridine rings is 3. The van der Waals surface area contributed by atoms with Crippen LogP contribution in [0.5, 0.6) is 0 Å². The van der Waals surface area contributed by atoms with Crippen molar-refractivity contribution in [1.29, 1.82) is 0 Å². The molecule has 0 atom stereocenters. The fourth-order valence-corrected chi connectivity index (χ4v) is 6.38. The lowest BCUT2D eigenvalue weighted by Gasteiger charge is -2.29. The van der Waals surface area contributed by atoms with Crippen LogP contribution in [-0.4, -0.2) is 0 Å². The molecule has 0 saturated heterocycles. The van der Waals surface area contributed by atoms with Crippen molar-refractivity contribution in [3.05, 3.63) is 113 Å². The summed E-state index contributed by atoms with van der Waals surface area (Å²) < 4.78 is 4.72. The van der Waals surface area contributed by atoms with E-state index in [0.717, 1.165) is 32.1 Å². The molecular weight excluding hydrogens is 450 g/mol. The summed E-state index contributed by atoms with van der Waals surface area (Å²) >= 11 is 0. The van der Waals surface area contributed by atoms with E-state index in [4.69, 9.17) is 0 Å². The minimum Gasteiger partial charge on any atom is -0.218 e. The second kappa shape index (κ2) is 9.89. The predicted molar refractivity (Wildman–Crippen MR) is 149 cm³/mol. The van der Waals surface area contributed by atoms with Gasteiger partial charge < -0.3 is 0 Å². The van der Waals surface area contributed by atoms with Crippen LogP contribution in [0.3, 0.4) is 0 Å². The van der Waals surface area contributed by atoms with Crippen molar-refractivity contribution in [2.24, 2.45) is 7.05 Å². The maximum Gasteiger partial charge on any atom is 0.223 e. The quantitative estimate of drug-likeness (QED) is 0.305. The van der Waals surface area contributed by atoms with Crippen LogP contribution < -0.4 is 14.1 Å². The Morgan fingerprint density at radius 3 is 2.30 bits per heavy atom. The third kappa shape index (κ3) is 3.94. The minimum absolute atomic E-state index is 1.07. The van der Waals surface area contributed by atoms with Gasteiger partial charge in [0.2, 0.25) is 17.1 Å². The van der Waals surface area contributed by atoms with Crippen molar-refractivity contribution in [1.82, 2.24) is 0 Å². The van der Waals surface area contributed by atoms with Gasteiger partial charge in [-0.15, -0.1) is 0 Å². The van der Waals surface area contributed by atoms with E-state index in [1.54, 1.807) is 5.57 Å². The Morgan fingerprint density at radius 2 is 1.49 bits per heavy atom. The second-order valence-corrected chi connectivity index (χ2v) is 9.99. The molecule has 184 valence electrons. The first-order valence-corrected chi connectivity index (χ1v) is 13.8. The lowest BCUT2D eigenvalue weighted by molar-refractivity contribution is -0.673. The number of hydrogen-bond acceptors (Lipinski definition) is 0. The SMILES string of the molecule is CC.C[n+]1ccc(-[n+]2c3c(c(-c4cc[nH+]cc4)c4c2-c2ccccc2CC4)CCC2=C3C=CCC2)cc1. The van der Waals surface area contributed by atoms with Crippen LogP contribution in [0.1, 0.15) is 55.5 Å². The van der Waals surface area contributed by atoms with Gasteiger partial charge in [0.1, 0.15) is 7.05 Å². The molecule has 37 heavy (non-hydrogen) atoms. The second-order valence-electron chi connectivity index (χ2n) is 9.99. The minimum atomic E-state index is 1.07. The van der Waals surface area contributed by atoms with Crippen LogP contribution in [0.2, 0.25) is 0 Å². The Morgan fingerprint density at radius 1 is 0.757 bits per heavy atom. The first kappa shape index (κ1) is 23.5. The van der Waals surface area contributed by atoms with Gasteiger partial charge in [-0.3, -0.25) is 0 Å². The van der Waals surface area contributed by atoms with Gasteiger partial charge in [-0.05, 0) is 55.7 Å². The molecular formula is C34H36N3+3. The van der Waals surface area contributed by atoms with Crippen molar-refractivity contribution < 1.29 is 14.1 Å². The lowest BCUT2D eigenvalue weighted by atomic mass is 9.76. The molecule has 3 nitrogen and oxygen atoms in total. The summed E-state index contributed by atoms with van der Waals surface area (Å²) in [6, 6.07) is 18.1. The van der Waals surface area contributed by atoms with E-state index in [2.05, 4.69) is 107 Å². The Labute approximate surface area is 220 Å². The summed E-state index contributed by atoms with van der Waals surface area (Å²) in [6.45, 7) is 4.00. The molecule has 3 heteroatoms. The Balaban J connectivity index is 0.00000123. The van der Waals surface area contributed by atoms with Crippen LogP contribution in [0, 0.1) is 0 Å². The molecule has 1 aromatic carbocycles. The normalized spacial score (nSPS) is 15.1. The molecule has 3 aliphatic carbocycles. The zero-order valence-corrected chi connectivity index (χ0v) is 22.2. The highest BCUT2D eigenvalue weighted by atomic mass is 15.0. The first-order chi connectivity index (χ1) is 18.3. The Hall–Kier alpha value is -3.85. The summed E-state index contributed by atoms with van der Waals surface area (Å²) in [7, 11) is 2.09. The third-order valence-corrected chi connectivity index (χ3v) is 7.98. The van der Waals surface area contributed by atoms with E-state index in [-0.39, 0.29) is 0 Å². The molecule has 0 unspecified atom stereocenters. The van der Waals surface area contributed by atoms with Gasteiger partial charge in [-0.1, -0.05) is 49.8 Å². The van der Waals surface area contributed by atoms with E-state index in [1.807, 2.05) is 13.8 Å². The van der Waals surface area contributed by atoms with E-state index in [9.17, 15) is 0 Å². The number of aromatic nitrogens is 3. The van der Waals surface area contributed by atoms with Crippen LogP contribution in [0.4, 0.5) is 0 Å². The molecule has 0 aliphatic heterocycles. The van der Waals surface area contributed by atoms with Gasteiger partial charge in [0, 0.05) is 34.4 Å². The van der Waals surface area contributed by atoms with Gasteiger partial charge in [0.05, 0.1) is 17.7 Å². The number of aryl methyl sites for hydroxylation is 2. The molecule has 4 aromatic rings. The van der Waals surface area contributed by atoms with Crippen molar-refractivity contribution in [2.75, 3.05) is 0 Å². The maximum absolute atomic E-state index is 3.24. The fraction of sp³-hybridized carbons (Fsp3) is 0.265. The highest BCUT2D eigenvalue weighted by Gasteiger charge is 2.39. The Bertz CT molecular complexity index is 1530. The molecule has 0 spiro atoms. The first-order valence-electron chi connectivity index (χ1n) is 13.8. The molecule has 0 fully saturated rings. The zero-order chi connectivity index (χ0) is 25.4. The average molecular weight is 487 g/mol. The van der Waals surface area contributed by atoms with Crippen molar-refractivity contribution in [3.8, 4) is 28.1 Å². The van der Waals surface area contributed by atoms with Gasteiger partial charge in [-0.2, -0.15) is 4.57 Å². The molecule has 3 aliphatic rings. The summed E-state index contributed by atoms with van der Waals surface area (Å²) in [5, 5.41) is 0. The molecule has 3 heterocycles. The van der Waals surface area contributed by atoms with E-state index >= 15 is 0 Å². The van der Waals surface area contributed by atoms with E-state index in [0.29, 0.717) is 0 Å². The largest absolute Gasteiger partial charge is 0.223 e. The zero-order valence-electron chi connectivity index (χ0n) is 22.2. The summed E-state index contributed by atoms with van der Waals surface area (Å²) in [5.74, 6) is 0. The third-order valence-electron chi connectivity index (χ3n) is 7.98. The average Bonchev–Trinajstić information content (AvgIpc) is 2.97. The van der Waals surface area contributed by atoms with Gasteiger partial charge >= 0.3 is 0 Å². The smallest absolute Gasteiger partial charge is 0.218 e. The lowest BCUT2D eigenvalue weighted by Crippen LogP contribution is -2.43. The fourth-order valence-electron chi connectivity index (χ4n) is 6.38. The molecule has 0 bridgehead atoms. The predicted octanol–water partition coefficient (Wildman–Crippen LogP) is 6.11. The topological polar surface area (TPSA) is 21.9 Å². The molecule has 3 aromatic heterocycles. The van der Waals surface area contributed by atoms with Crippen LogP contribution >= 0.6 is 0 Å². The van der Waals surface area contributed by atoms with Crippen LogP contribution in [-0.2, 0) is 26.3 Å². The van der Waals surface area contributed by atoms with E-state index in [1.165, 1.54) is 62.4 Å². The van der Waals surface area contributed by atoms with Gasteiger partial charge in [-0.25, -0.2) is 9.55 Å². The maximum atomic E-state index is 3.24.